The van der Waals surface area contributed by atoms with Crippen molar-refractivity contribution in [1.82, 2.24) is 4.90 Å². The number of rotatable bonds is 3. The molecule has 0 saturated carbocycles. The van der Waals surface area contributed by atoms with E-state index in [-0.39, 0.29) is 17.7 Å². The number of amides is 2. The second-order valence-corrected chi connectivity index (χ2v) is 7.36. The lowest BCUT2D eigenvalue weighted by atomic mass is 9.97. The predicted octanol–water partition coefficient (Wildman–Crippen LogP) is 3.01. The molecule has 136 valence electrons. The number of hydrogen-bond acceptors (Lipinski definition) is 5. The van der Waals surface area contributed by atoms with Crippen molar-refractivity contribution in [3.8, 4) is 11.5 Å². The molecule has 6 nitrogen and oxygen atoms in total. The molecule has 1 saturated heterocycles. The molecule has 0 bridgehead atoms. The van der Waals surface area contributed by atoms with E-state index in [0.29, 0.717) is 43.5 Å². The Balaban J connectivity index is 1.40. The number of fused-ring (bicyclic) bond motifs is 1. The molecule has 0 spiro atoms. The Kier molecular flexibility index (Phi) is 4.79. The summed E-state index contributed by atoms with van der Waals surface area (Å²) < 4.78 is 11.0. The van der Waals surface area contributed by atoms with E-state index in [1.165, 1.54) is 11.3 Å². The highest BCUT2D eigenvalue weighted by Crippen LogP contribution is 2.33. The van der Waals surface area contributed by atoms with Crippen molar-refractivity contribution in [2.75, 3.05) is 31.6 Å². The molecule has 7 heteroatoms. The van der Waals surface area contributed by atoms with Crippen molar-refractivity contribution in [2.45, 2.75) is 12.8 Å². The molecule has 1 aromatic carbocycles. The number of piperidine rings is 1. The van der Waals surface area contributed by atoms with E-state index in [1.54, 1.807) is 17.0 Å². The van der Waals surface area contributed by atoms with Crippen LogP contribution < -0.4 is 14.8 Å². The number of ether oxygens (including phenoxy) is 2. The first-order valence-electron chi connectivity index (χ1n) is 8.74. The number of carbonyl (C=O) groups excluding carboxylic acids is 2. The standard InChI is InChI=1S/C19H20N2O4S/c22-18(20-14-5-6-15-16(11-14)25-9-8-24-15)13-3-1-7-21(12-13)19(23)17-4-2-10-26-17/h2,4-6,10-11,13H,1,3,7-9,12H2,(H,20,22). The highest BCUT2D eigenvalue weighted by molar-refractivity contribution is 7.12. The van der Waals surface area contributed by atoms with E-state index in [4.69, 9.17) is 9.47 Å². The van der Waals surface area contributed by atoms with Gasteiger partial charge in [-0.2, -0.15) is 0 Å². The quantitative estimate of drug-likeness (QED) is 0.899. The van der Waals surface area contributed by atoms with Crippen LogP contribution in [0.1, 0.15) is 22.5 Å². The number of hydrogen-bond donors (Lipinski definition) is 1. The van der Waals surface area contributed by atoms with Gasteiger partial charge in [-0.05, 0) is 36.4 Å². The minimum atomic E-state index is -0.208. The minimum absolute atomic E-state index is 0.0110. The number of nitrogens with zero attached hydrogens (tertiary/aromatic N) is 1. The summed E-state index contributed by atoms with van der Waals surface area (Å²) in [4.78, 5) is 27.7. The van der Waals surface area contributed by atoms with Crippen LogP contribution in [0.5, 0.6) is 11.5 Å². The van der Waals surface area contributed by atoms with Gasteiger partial charge in [-0.1, -0.05) is 6.07 Å². The molecule has 2 amide bonds. The first-order chi connectivity index (χ1) is 12.7. The molecule has 2 aliphatic rings. The molecule has 0 radical (unpaired) electrons. The second kappa shape index (κ2) is 7.37. The number of nitrogens with one attached hydrogen (secondary N) is 1. The van der Waals surface area contributed by atoms with Crippen LogP contribution >= 0.6 is 11.3 Å². The molecule has 26 heavy (non-hydrogen) atoms. The van der Waals surface area contributed by atoms with Crippen molar-refractivity contribution in [3.63, 3.8) is 0 Å². The van der Waals surface area contributed by atoms with E-state index in [2.05, 4.69) is 5.32 Å². The highest BCUT2D eigenvalue weighted by Gasteiger charge is 2.29. The van der Waals surface area contributed by atoms with Gasteiger partial charge in [-0.25, -0.2) is 0 Å². The van der Waals surface area contributed by atoms with Crippen molar-refractivity contribution in [2.24, 2.45) is 5.92 Å². The van der Waals surface area contributed by atoms with E-state index in [9.17, 15) is 9.59 Å². The zero-order valence-electron chi connectivity index (χ0n) is 14.3. The Hall–Kier alpha value is -2.54. The lowest BCUT2D eigenvalue weighted by Gasteiger charge is -2.31. The fourth-order valence-corrected chi connectivity index (χ4v) is 3.99. The number of carbonyl (C=O) groups is 2. The first-order valence-corrected chi connectivity index (χ1v) is 9.62. The first kappa shape index (κ1) is 16.9. The van der Waals surface area contributed by atoms with Crippen LogP contribution in [-0.2, 0) is 4.79 Å². The fourth-order valence-electron chi connectivity index (χ4n) is 3.30. The van der Waals surface area contributed by atoms with Crippen LogP contribution in [0.25, 0.3) is 0 Å². The Morgan fingerprint density at radius 1 is 1.15 bits per heavy atom. The maximum absolute atomic E-state index is 12.7. The van der Waals surface area contributed by atoms with Gasteiger partial charge in [0.2, 0.25) is 5.91 Å². The molecule has 0 aliphatic carbocycles. The number of likely N-dealkylation sites (tertiary alicyclic amines) is 1. The monoisotopic (exact) mass is 372 g/mol. The minimum Gasteiger partial charge on any atom is -0.486 e. The van der Waals surface area contributed by atoms with E-state index in [1.807, 2.05) is 23.6 Å². The summed E-state index contributed by atoms with van der Waals surface area (Å²) in [5, 5.41) is 4.84. The molecular weight excluding hydrogens is 352 g/mol. The van der Waals surface area contributed by atoms with Gasteiger partial charge < -0.3 is 19.7 Å². The zero-order valence-corrected chi connectivity index (χ0v) is 15.1. The highest BCUT2D eigenvalue weighted by atomic mass is 32.1. The van der Waals surface area contributed by atoms with Crippen LogP contribution in [-0.4, -0.2) is 43.0 Å². The normalized spacial score (nSPS) is 19.1. The third-order valence-corrected chi connectivity index (χ3v) is 5.48. The Bertz CT molecular complexity index is 806. The number of thiophene rings is 1. The molecule has 2 aliphatic heterocycles. The average Bonchev–Trinajstić information content (AvgIpc) is 3.22. The largest absolute Gasteiger partial charge is 0.486 e. The maximum Gasteiger partial charge on any atom is 0.263 e. The van der Waals surface area contributed by atoms with Gasteiger partial charge in [0, 0.05) is 24.8 Å². The van der Waals surface area contributed by atoms with Crippen LogP contribution in [0.15, 0.2) is 35.7 Å². The van der Waals surface area contributed by atoms with Gasteiger partial charge in [-0.3, -0.25) is 9.59 Å². The van der Waals surface area contributed by atoms with Crippen molar-refractivity contribution in [1.29, 1.82) is 0 Å². The molecular formula is C19H20N2O4S. The lowest BCUT2D eigenvalue weighted by Crippen LogP contribution is -2.43. The SMILES string of the molecule is O=C(Nc1ccc2c(c1)OCCO2)C1CCCN(C(=O)c2cccs2)C1. The smallest absolute Gasteiger partial charge is 0.263 e. The molecule has 4 rings (SSSR count). The topological polar surface area (TPSA) is 67.9 Å². The van der Waals surface area contributed by atoms with Crippen molar-refractivity contribution in [3.05, 3.63) is 40.6 Å². The van der Waals surface area contributed by atoms with Gasteiger partial charge in [0.25, 0.3) is 5.91 Å². The summed E-state index contributed by atoms with van der Waals surface area (Å²) in [6.45, 7) is 2.19. The molecule has 1 N–H and O–H groups in total. The summed E-state index contributed by atoms with van der Waals surface area (Å²) in [7, 11) is 0. The van der Waals surface area contributed by atoms with Crippen molar-refractivity contribution < 1.29 is 19.1 Å². The maximum atomic E-state index is 12.7. The van der Waals surface area contributed by atoms with Crippen molar-refractivity contribution >= 4 is 28.8 Å². The summed E-state index contributed by atoms with van der Waals surface area (Å²) in [5.41, 5.74) is 0.681. The third kappa shape index (κ3) is 3.53. The molecule has 1 aromatic heterocycles. The molecule has 1 fully saturated rings. The molecule has 1 unspecified atom stereocenters. The Morgan fingerprint density at radius 3 is 2.81 bits per heavy atom. The van der Waals surface area contributed by atoms with E-state index in [0.717, 1.165) is 17.7 Å². The summed E-state index contributed by atoms with van der Waals surface area (Å²) >= 11 is 1.43. The van der Waals surface area contributed by atoms with Crippen LogP contribution in [0.3, 0.4) is 0 Å². The van der Waals surface area contributed by atoms with Gasteiger partial charge in [0.1, 0.15) is 13.2 Å². The van der Waals surface area contributed by atoms with Gasteiger partial charge in [0.15, 0.2) is 11.5 Å². The molecule has 3 heterocycles. The summed E-state index contributed by atoms with van der Waals surface area (Å²) in [5.74, 6) is 1.08. The molecule has 1 atom stereocenters. The number of anilines is 1. The lowest BCUT2D eigenvalue weighted by molar-refractivity contribution is -0.121. The van der Waals surface area contributed by atoms with Gasteiger partial charge in [0.05, 0.1) is 10.8 Å². The average molecular weight is 372 g/mol. The van der Waals surface area contributed by atoms with Crippen LogP contribution in [0, 0.1) is 5.92 Å². The second-order valence-electron chi connectivity index (χ2n) is 6.42. The van der Waals surface area contributed by atoms with E-state index >= 15 is 0 Å². The van der Waals surface area contributed by atoms with Crippen LogP contribution in [0.4, 0.5) is 5.69 Å². The van der Waals surface area contributed by atoms with Gasteiger partial charge >= 0.3 is 0 Å². The Morgan fingerprint density at radius 2 is 2.00 bits per heavy atom. The fraction of sp³-hybridized carbons (Fsp3) is 0.368. The zero-order chi connectivity index (χ0) is 17.9. The van der Waals surface area contributed by atoms with E-state index < -0.39 is 0 Å². The Labute approximate surface area is 155 Å². The molecule has 2 aromatic rings. The van der Waals surface area contributed by atoms with Crippen LogP contribution in [0.2, 0.25) is 0 Å². The predicted molar refractivity (Wildman–Crippen MR) is 99.0 cm³/mol. The summed E-state index contributed by atoms with van der Waals surface area (Å²) in [6.07, 6.45) is 1.61. The van der Waals surface area contributed by atoms with Gasteiger partial charge in [-0.15, -0.1) is 11.3 Å². The third-order valence-electron chi connectivity index (χ3n) is 4.62. The number of benzene rings is 1. The summed E-state index contributed by atoms with van der Waals surface area (Å²) in [6, 6.07) is 9.09.